The van der Waals surface area contributed by atoms with Crippen LogP contribution < -0.4 is 0 Å². The summed E-state index contributed by atoms with van der Waals surface area (Å²) in [5.41, 5.74) is 2.45. The lowest BCUT2D eigenvalue weighted by Gasteiger charge is -1.95. The highest BCUT2D eigenvalue weighted by Gasteiger charge is 2.01. The molecule has 72 valence electrons. The average Bonchev–Trinajstić information content (AvgIpc) is 2.54. The fourth-order valence-electron chi connectivity index (χ4n) is 1.59. The number of fused-ring (bicyclic) bond motifs is 1. The van der Waals surface area contributed by atoms with E-state index in [9.17, 15) is 0 Å². The molecular weight excluding hydrogens is 172 g/mol. The van der Waals surface area contributed by atoms with Gasteiger partial charge in [-0.25, -0.2) is 4.68 Å². The maximum absolute atomic E-state index is 4.37. The molecule has 0 aliphatic carbocycles. The van der Waals surface area contributed by atoms with Crippen molar-refractivity contribution < 1.29 is 0 Å². The predicted molar refractivity (Wildman–Crippen MR) is 60.9 cm³/mol. The lowest BCUT2D eigenvalue weighted by molar-refractivity contribution is 0.921. The van der Waals surface area contributed by atoms with E-state index in [0.717, 1.165) is 6.42 Å². The number of hydrogen-bond donors (Lipinski definition) is 0. The largest absolute Gasteiger partial charge is 0.240 e. The summed E-state index contributed by atoms with van der Waals surface area (Å²) >= 11 is 0. The lowest BCUT2D eigenvalue weighted by atomic mass is 10.2. The van der Waals surface area contributed by atoms with Crippen LogP contribution >= 0.6 is 0 Å². The minimum absolute atomic E-state index is 0.964. The smallest absolute Gasteiger partial charge is 0.0721 e. The average molecular weight is 186 g/mol. The van der Waals surface area contributed by atoms with Gasteiger partial charge in [0.05, 0.1) is 5.52 Å². The zero-order chi connectivity index (χ0) is 9.97. The van der Waals surface area contributed by atoms with Gasteiger partial charge in [-0.15, -0.1) is 0 Å². The first-order chi connectivity index (χ1) is 6.83. The molecule has 0 aliphatic heterocycles. The second-order valence-corrected chi connectivity index (χ2v) is 3.38. The van der Waals surface area contributed by atoms with Crippen molar-refractivity contribution in [3.8, 4) is 0 Å². The van der Waals surface area contributed by atoms with Crippen LogP contribution in [0.5, 0.6) is 0 Å². The van der Waals surface area contributed by atoms with Gasteiger partial charge in [-0.05, 0) is 25.0 Å². The highest BCUT2D eigenvalue weighted by atomic mass is 15.3. The summed E-state index contributed by atoms with van der Waals surface area (Å²) in [6, 6.07) is 8.32. The van der Waals surface area contributed by atoms with Crippen molar-refractivity contribution in [2.45, 2.75) is 20.3 Å². The van der Waals surface area contributed by atoms with E-state index in [1.165, 1.54) is 16.5 Å². The van der Waals surface area contributed by atoms with Gasteiger partial charge in [-0.2, -0.15) is 5.10 Å². The highest BCUT2D eigenvalue weighted by Crippen LogP contribution is 2.19. The molecule has 14 heavy (non-hydrogen) atoms. The molecular formula is C12H14N2. The minimum atomic E-state index is 0.964. The van der Waals surface area contributed by atoms with Gasteiger partial charge < -0.3 is 0 Å². The summed E-state index contributed by atoms with van der Waals surface area (Å²) in [6.45, 7) is 4.20. The first kappa shape index (κ1) is 9.00. The van der Waals surface area contributed by atoms with Crippen molar-refractivity contribution in [2.24, 2.45) is 5.10 Å². The fourth-order valence-corrected chi connectivity index (χ4v) is 1.59. The number of benzene rings is 1. The van der Waals surface area contributed by atoms with E-state index < -0.39 is 0 Å². The maximum Gasteiger partial charge on any atom is 0.0721 e. The second kappa shape index (κ2) is 3.66. The number of nitrogens with zero attached hydrogens (tertiary/aromatic N) is 2. The van der Waals surface area contributed by atoms with Crippen LogP contribution in [0.25, 0.3) is 10.9 Å². The van der Waals surface area contributed by atoms with Gasteiger partial charge in [0.1, 0.15) is 0 Å². The molecule has 0 atom stereocenters. The molecule has 0 saturated carbocycles. The Bertz CT molecular complexity index is 466. The zero-order valence-electron chi connectivity index (χ0n) is 8.57. The number of para-hydroxylation sites is 1. The predicted octanol–water partition coefficient (Wildman–Crippen LogP) is 3.19. The molecule has 0 fully saturated rings. The number of aryl methyl sites for hydroxylation is 1. The normalized spacial score (nSPS) is 11.6. The third-order valence-corrected chi connectivity index (χ3v) is 2.28. The third kappa shape index (κ3) is 1.43. The van der Waals surface area contributed by atoms with Crippen molar-refractivity contribution >= 4 is 17.1 Å². The Labute approximate surface area is 83.9 Å². The summed E-state index contributed by atoms with van der Waals surface area (Å²) in [5, 5.41) is 5.64. The molecule has 1 aromatic carbocycles. The molecule has 0 saturated heterocycles. The van der Waals surface area contributed by atoms with Crippen LogP contribution in [0.3, 0.4) is 0 Å². The van der Waals surface area contributed by atoms with E-state index in [1.807, 2.05) is 17.0 Å². The molecule has 0 aliphatic rings. The summed E-state index contributed by atoms with van der Waals surface area (Å²) < 4.78 is 1.94. The third-order valence-electron chi connectivity index (χ3n) is 2.28. The molecule has 0 bridgehead atoms. The Balaban J connectivity index is 2.61. The monoisotopic (exact) mass is 186 g/mol. The molecule has 1 heterocycles. The molecule has 0 radical (unpaired) electrons. The Morgan fingerprint density at radius 1 is 1.36 bits per heavy atom. The van der Waals surface area contributed by atoms with Crippen molar-refractivity contribution in [2.75, 3.05) is 0 Å². The molecule has 2 rings (SSSR count). The van der Waals surface area contributed by atoms with Gasteiger partial charge in [0.15, 0.2) is 0 Å². The van der Waals surface area contributed by atoms with Crippen LogP contribution in [0, 0.1) is 6.92 Å². The fraction of sp³-hybridized carbons (Fsp3) is 0.250. The zero-order valence-corrected chi connectivity index (χ0v) is 8.57. The van der Waals surface area contributed by atoms with Gasteiger partial charge in [0.25, 0.3) is 0 Å². The summed E-state index contributed by atoms with van der Waals surface area (Å²) in [6.07, 6.45) is 4.95. The van der Waals surface area contributed by atoms with Gasteiger partial charge in [-0.3, -0.25) is 0 Å². The van der Waals surface area contributed by atoms with E-state index >= 15 is 0 Å². The van der Waals surface area contributed by atoms with Gasteiger partial charge in [0, 0.05) is 17.8 Å². The molecule has 0 unspecified atom stereocenters. The van der Waals surface area contributed by atoms with Crippen LogP contribution in [0.1, 0.15) is 18.9 Å². The van der Waals surface area contributed by atoms with E-state index in [2.05, 4.69) is 43.3 Å². The van der Waals surface area contributed by atoms with Crippen LogP contribution in [-0.2, 0) is 0 Å². The Hall–Kier alpha value is -1.57. The molecule has 1 aromatic heterocycles. The van der Waals surface area contributed by atoms with Crippen LogP contribution in [0.4, 0.5) is 0 Å². The Morgan fingerprint density at radius 2 is 2.14 bits per heavy atom. The topological polar surface area (TPSA) is 17.3 Å². The van der Waals surface area contributed by atoms with Crippen molar-refractivity contribution in [1.29, 1.82) is 0 Å². The van der Waals surface area contributed by atoms with E-state index in [1.54, 1.807) is 0 Å². The van der Waals surface area contributed by atoms with E-state index in [4.69, 9.17) is 0 Å². The van der Waals surface area contributed by atoms with E-state index in [0.29, 0.717) is 0 Å². The van der Waals surface area contributed by atoms with Crippen molar-refractivity contribution in [3.63, 3.8) is 0 Å². The summed E-state index contributed by atoms with van der Waals surface area (Å²) in [7, 11) is 0. The maximum atomic E-state index is 4.37. The van der Waals surface area contributed by atoms with Crippen LogP contribution in [0.15, 0.2) is 35.6 Å². The van der Waals surface area contributed by atoms with Crippen molar-refractivity contribution in [3.05, 3.63) is 36.0 Å². The molecule has 2 aromatic rings. The summed E-state index contributed by atoms with van der Waals surface area (Å²) in [5.74, 6) is 0. The number of hydrogen-bond acceptors (Lipinski definition) is 1. The van der Waals surface area contributed by atoms with E-state index in [-0.39, 0.29) is 0 Å². The molecule has 0 amide bonds. The Kier molecular flexibility index (Phi) is 2.35. The molecule has 2 heteroatoms. The number of aromatic nitrogens is 1. The van der Waals surface area contributed by atoms with Crippen LogP contribution in [-0.4, -0.2) is 10.9 Å². The second-order valence-electron chi connectivity index (χ2n) is 3.38. The lowest BCUT2D eigenvalue weighted by Crippen LogP contribution is -1.85. The first-order valence-corrected chi connectivity index (χ1v) is 4.92. The molecule has 0 spiro atoms. The number of rotatable bonds is 2. The molecule has 0 N–H and O–H groups in total. The highest BCUT2D eigenvalue weighted by molar-refractivity contribution is 5.83. The van der Waals surface area contributed by atoms with Gasteiger partial charge in [-0.1, -0.05) is 25.1 Å². The quantitative estimate of drug-likeness (QED) is 0.641. The minimum Gasteiger partial charge on any atom is -0.240 e. The van der Waals surface area contributed by atoms with Gasteiger partial charge >= 0.3 is 0 Å². The SMILES string of the molecule is CCC=Nn1cc(C)c2ccccc21. The first-order valence-electron chi connectivity index (χ1n) is 4.92. The standard InChI is InChI=1S/C12H14N2/c1-3-8-13-14-9-10(2)11-6-4-5-7-12(11)14/h4-9H,3H2,1-2H3. The van der Waals surface area contributed by atoms with Crippen LogP contribution in [0.2, 0.25) is 0 Å². The van der Waals surface area contributed by atoms with Crippen molar-refractivity contribution in [1.82, 2.24) is 4.68 Å². The molecule has 2 nitrogen and oxygen atoms in total. The Morgan fingerprint density at radius 3 is 2.93 bits per heavy atom. The summed E-state index contributed by atoms with van der Waals surface area (Å²) in [4.78, 5) is 0. The van der Waals surface area contributed by atoms with Gasteiger partial charge in [0.2, 0.25) is 0 Å².